The van der Waals surface area contributed by atoms with E-state index in [1.165, 1.54) is 4.35 Å². The van der Waals surface area contributed by atoms with Gasteiger partial charge in [-0.1, -0.05) is 0 Å². The van der Waals surface area contributed by atoms with Gasteiger partial charge in [-0.2, -0.15) is 0 Å². The van der Waals surface area contributed by atoms with Crippen LogP contribution in [-0.4, -0.2) is 38.8 Å². The van der Waals surface area contributed by atoms with Crippen LogP contribution in [0.3, 0.4) is 0 Å². The molecular weight excluding hydrogens is 497 g/mol. The van der Waals surface area contributed by atoms with Gasteiger partial charge in [0.05, 0.1) is 0 Å². The van der Waals surface area contributed by atoms with Crippen LogP contribution >= 0.6 is 30.7 Å². The topological polar surface area (TPSA) is 36.9 Å². The van der Waals surface area contributed by atoms with E-state index in [1.54, 1.807) is 19.3 Å². The van der Waals surface area contributed by atoms with Crippen molar-refractivity contribution in [3.05, 3.63) is 30.3 Å². The van der Waals surface area contributed by atoms with E-state index in [1.807, 2.05) is 45.9 Å². The van der Waals surface area contributed by atoms with E-state index in [0.717, 1.165) is 0 Å². The van der Waals surface area contributed by atoms with Crippen molar-refractivity contribution in [2.45, 2.75) is 27.7 Å². The van der Waals surface area contributed by atoms with Gasteiger partial charge >= 0.3 is 174 Å². The normalized spacial score (nSPS) is 12.7. The monoisotopic (exact) mass is 522 g/mol. The fraction of sp³-hybridized carbons (Fsp3) is 0.571. The van der Waals surface area contributed by atoms with E-state index in [0.29, 0.717) is 26.4 Å². The van der Waals surface area contributed by atoms with Crippen LogP contribution < -0.4 is 4.35 Å². The first-order chi connectivity index (χ1) is 11.9. The molecule has 0 unspecified atom stereocenters. The molecule has 0 atom stereocenters. The fourth-order valence-electron chi connectivity index (χ4n) is 1.64. The van der Waals surface area contributed by atoms with Gasteiger partial charge < -0.3 is 0 Å². The predicted octanol–water partition coefficient (Wildman–Crippen LogP) is 5.44. The maximum atomic E-state index is 5.84. The van der Waals surface area contributed by atoms with Crippen LogP contribution in [0.5, 0.6) is 0 Å². The molecule has 0 aliphatic heterocycles. The van der Waals surface area contributed by atoms with E-state index in [4.69, 9.17) is 41.7 Å². The van der Waals surface area contributed by atoms with Crippen LogP contribution in [-0.2, 0) is 41.7 Å². The van der Waals surface area contributed by atoms with Gasteiger partial charge in [0.1, 0.15) is 0 Å². The van der Waals surface area contributed by atoms with Gasteiger partial charge in [-0.15, -0.1) is 0 Å². The third-order valence-corrected chi connectivity index (χ3v) is 39.4. The van der Waals surface area contributed by atoms with Gasteiger partial charge in [-0.05, 0) is 0 Å². The molecule has 144 valence electrons. The number of hydrogen-bond donors (Lipinski definition) is 0. The first-order valence-electron chi connectivity index (χ1n) is 7.94. The average Bonchev–Trinajstić information content (AvgIpc) is 2.56. The minimum atomic E-state index is -2.41. The van der Waals surface area contributed by atoms with Crippen LogP contribution in [0.2, 0.25) is 0 Å². The van der Waals surface area contributed by atoms with Crippen LogP contribution in [0.1, 0.15) is 27.7 Å². The van der Waals surface area contributed by atoms with Crippen LogP contribution in [0.4, 0.5) is 0 Å². The van der Waals surface area contributed by atoms with Crippen molar-refractivity contribution < 1.29 is 18.1 Å². The summed E-state index contributed by atoms with van der Waals surface area (Å²) in [4.78, 5) is 0. The maximum absolute atomic E-state index is 5.84. The molecule has 1 aromatic carbocycles. The summed E-state index contributed by atoms with van der Waals surface area (Å²) in [6, 6.07) is 10.3. The Kier molecular flexibility index (Phi) is 12.8. The molecule has 0 spiro atoms. The van der Waals surface area contributed by atoms with Crippen LogP contribution in [0, 0.1) is 0 Å². The Morgan fingerprint density at radius 3 is 1.44 bits per heavy atom. The van der Waals surface area contributed by atoms with Gasteiger partial charge in [0.15, 0.2) is 0 Å². The van der Waals surface area contributed by atoms with E-state index >= 15 is 0 Å². The third kappa shape index (κ3) is 9.10. The second-order valence-corrected chi connectivity index (χ2v) is 28.9. The Morgan fingerprint density at radius 2 is 1.12 bits per heavy atom. The summed E-state index contributed by atoms with van der Waals surface area (Å²) in [5, 5.41) is 0. The number of benzene rings is 1. The molecule has 0 radical (unpaired) electrons. The summed E-state index contributed by atoms with van der Waals surface area (Å²) in [7, 11) is 3.33. The summed E-state index contributed by atoms with van der Waals surface area (Å²) >= 11 is 9.66. The second kappa shape index (κ2) is 13.0. The summed E-state index contributed by atoms with van der Waals surface area (Å²) in [6.07, 6.45) is 0. The van der Waals surface area contributed by atoms with Crippen molar-refractivity contribution in [2.75, 3.05) is 26.4 Å². The van der Waals surface area contributed by atoms with E-state index in [-0.39, 0.29) is 0 Å². The molecule has 0 N–H and O–H groups in total. The van der Waals surface area contributed by atoms with Crippen molar-refractivity contribution in [2.24, 2.45) is 0 Å². The molecule has 0 amide bonds. The van der Waals surface area contributed by atoms with Gasteiger partial charge in [-0.25, -0.2) is 0 Å². The van der Waals surface area contributed by atoms with Crippen LogP contribution in [0.15, 0.2) is 30.3 Å². The molecule has 0 aromatic heterocycles. The first-order valence-corrected chi connectivity index (χ1v) is 21.5. The molecular formula is C14H25AsO4P2S4. The molecule has 0 saturated heterocycles. The molecule has 11 heteroatoms. The van der Waals surface area contributed by atoms with Crippen molar-refractivity contribution in [3.8, 4) is 0 Å². The third-order valence-electron chi connectivity index (χ3n) is 2.46. The quantitative estimate of drug-likeness (QED) is 0.250. The molecule has 0 aliphatic carbocycles. The van der Waals surface area contributed by atoms with E-state index in [9.17, 15) is 0 Å². The number of hydrogen-bond acceptors (Lipinski definition) is 8. The first kappa shape index (κ1) is 24.7. The summed E-state index contributed by atoms with van der Waals surface area (Å²) < 4.78 is 24.6. The summed E-state index contributed by atoms with van der Waals surface area (Å²) in [5.41, 5.74) is -4.82. The van der Waals surface area contributed by atoms with Crippen molar-refractivity contribution in [1.29, 1.82) is 0 Å². The molecule has 0 heterocycles. The standard InChI is InChI=1S/C14H25AsO4P2S4/c1-5-16-20(22,17-6-2)24-15(14-12-10-9-11-13-14)25-21(23,18-7-3)19-8-4/h9-13H,5-8H2,1-4H3. The zero-order valence-electron chi connectivity index (χ0n) is 14.8. The Bertz CT molecular complexity index is 541. The van der Waals surface area contributed by atoms with Crippen molar-refractivity contribution in [1.82, 2.24) is 0 Å². The fourth-order valence-corrected chi connectivity index (χ4v) is 49.3. The summed E-state index contributed by atoms with van der Waals surface area (Å²) in [6.45, 7) is 9.93. The van der Waals surface area contributed by atoms with Gasteiger partial charge in [-0.3, -0.25) is 0 Å². The minimum absolute atomic E-state index is 0.539. The Labute approximate surface area is 172 Å². The summed E-state index contributed by atoms with van der Waals surface area (Å²) in [5.74, 6) is 0. The van der Waals surface area contributed by atoms with E-state index < -0.39 is 23.7 Å². The molecule has 4 nitrogen and oxygen atoms in total. The Morgan fingerprint density at radius 1 is 0.760 bits per heavy atom. The van der Waals surface area contributed by atoms with E-state index in [2.05, 4.69) is 12.1 Å². The van der Waals surface area contributed by atoms with Crippen molar-refractivity contribution in [3.63, 3.8) is 0 Å². The predicted molar refractivity (Wildman–Crippen MR) is 122 cm³/mol. The zero-order valence-corrected chi connectivity index (χ0v) is 21.8. The Hall–Kier alpha value is 1.62. The second-order valence-electron chi connectivity index (χ2n) is 4.32. The number of rotatable bonds is 13. The Balaban J connectivity index is 3.12. The molecule has 25 heavy (non-hydrogen) atoms. The van der Waals surface area contributed by atoms with Gasteiger partial charge in [0, 0.05) is 0 Å². The zero-order chi connectivity index (χ0) is 18.8. The van der Waals surface area contributed by atoms with Gasteiger partial charge in [0.2, 0.25) is 0 Å². The molecule has 1 rings (SSSR count). The molecule has 0 fully saturated rings. The van der Waals surface area contributed by atoms with Crippen molar-refractivity contribution >= 4 is 71.0 Å². The molecule has 0 saturated carbocycles. The van der Waals surface area contributed by atoms with Crippen LogP contribution in [0.25, 0.3) is 0 Å². The van der Waals surface area contributed by atoms with Gasteiger partial charge in [0.25, 0.3) is 0 Å². The average molecular weight is 522 g/mol. The molecule has 1 aromatic rings. The SMILES string of the molecule is CCOP(=S)(OCC)S[As](SP(=S)(OCC)OCC)c1ccccc1. The molecule has 0 aliphatic rings. The molecule has 0 bridgehead atoms.